The summed E-state index contributed by atoms with van der Waals surface area (Å²) in [4.78, 5) is 16.8. The summed E-state index contributed by atoms with van der Waals surface area (Å²) in [5.74, 6) is 1.46. The minimum Gasteiger partial charge on any atom is -0.497 e. The van der Waals surface area contributed by atoms with Crippen LogP contribution in [0.2, 0.25) is 0 Å². The number of fused-ring (bicyclic) bond motifs is 1. The first kappa shape index (κ1) is 22.4. The quantitative estimate of drug-likeness (QED) is 0.383. The maximum Gasteiger partial charge on any atom is 0.262 e. The van der Waals surface area contributed by atoms with E-state index in [1.165, 1.54) is 0 Å². The Balaban J connectivity index is 1.48. The van der Waals surface area contributed by atoms with Crippen molar-refractivity contribution in [2.45, 2.75) is 26.4 Å². The van der Waals surface area contributed by atoms with Crippen molar-refractivity contribution in [2.75, 3.05) is 19.0 Å². The fourth-order valence-corrected chi connectivity index (χ4v) is 3.50. The normalized spacial score (nSPS) is 11.9. The van der Waals surface area contributed by atoms with Crippen LogP contribution in [0.3, 0.4) is 0 Å². The number of nitrogens with zero attached hydrogens (tertiary/aromatic N) is 1. The Labute approximate surface area is 192 Å². The van der Waals surface area contributed by atoms with Gasteiger partial charge in [-0.25, -0.2) is 4.98 Å². The van der Waals surface area contributed by atoms with E-state index in [9.17, 15) is 9.90 Å². The molecule has 33 heavy (non-hydrogen) atoms. The molecule has 7 nitrogen and oxygen atoms in total. The Morgan fingerprint density at radius 2 is 1.91 bits per heavy atom. The largest absolute Gasteiger partial charge is 0.497 e. The molecule has 1 aromatic heterocycles. The SMILES string of the molecule is CCC(O)c1cc(OC)cc2nc(-c3ccc(NC(=O)COc4ccccc4C)cc3)oc12. The number of carbonyl (C=O) groups excluding carboxylic acids is 1. The molecule has 0 radical (unpaired) electrons. The highest BCUT2D eigenvalue weighted by Gasteiger charge is 2.18. The monoisotopic (exact) mass is 446 g/mol. The fraction of sp³-hybridized carbons (Fsp3) is 0.231. The van der Waals surface area contributed by atoms with E-state index in [0.717, 1.165) is 11.1 Å². The van der Waals surface area contributed by atoms with Crippen molar-refractivity contribution in [1.82, 2.24) is 4.98 Å². The molecule has 3 aromatic carbocycles. The van der Waals surface area contributed by atoms with Gasteiger partial charge in [-0.05, 0) is 55.3 Å². The van der Waals surface area contributed by atoms with E-state index in [-0.39, 0.29) is 12.5 Å². The van der Waals surface area contributed by atoms with E-state index in [2.05, 4.69) is 10.3 Å². The summed E-state index contributed by atoms with van der Waals surface area (Å²) in [7, 11) is 1.57. The molecule has 1 amide bonds. The number of aliphatic hydroxyl groups is 1. The molecular formula is C26H26N2O5. The molecule has 0 aliphatic heterocycles. The zero-order chi connectivity index (χ0) is 23.4. The van der Waals surface area contributed by atoms with Crippen molar-refractivity contribution in [3.63, 3.8) is 0 Å². The molecule has 0 saturated heterocycles. The Bertz CT molecular complexity index is 1260. The van der Waals surface area contributed by atoms with Gasteiger partial charge in [-0.1, -0.05) is 25.1 Å². The first-order chi connectivity index (χ1) is 16.0. The van der Waals surface area contributed by atoms with Gasteiger partial charge in [-0.15, -0.1) is 0 Å². The smallest absolute Gasteiger partial charge is 0.262 e. The van der Waals surface area contributed by atoms with Gasteiger partial charge < -0.3 is 24.3 Å². The van der Waals surface area contributed by atoms with Gasteiger partial charge in [0.05, 0.1) is 13.2 Å². The molecule has 1 atom stereocenters. The number of amides is 1. The number of para-hydroxylation sites is 1. The summed E-state index contributed by atoms with van der Waals surface area (Å²) in [6, 6.07) is 18.3. The number of aliphatic hydroxyl groups excluding tert-OH is 1. The van der Waals surface area contributed by atoms with Gasteiger partial charge in [-0.3, -0.25) is 4.79 Å². The lowest BCUT2D eigenvalue weighted by atomic mass is 10.1. The van der Waals surface area contributed by atoms with Crippen LogP contribution in [-0.2, 0) is 4.79 Å². The van der Waals surface area contributed by atoms with Gasteiger partial charge in [0.1, 0.15) is 17.0 Å². The number of hydrogen-bond acceptors (Lipinski definition) is 6. The van der Waals surface area contributed by atoms with Gasteiger partial charge in [-0.2, -0.15) is 0 Å². The van der Waals surface area contributed by atoms with Gasteiger partial charge in [0.15, 0.2) is 12.2 Å². The average molecular weight is 447 g/mol. The molecule has 0 fully saturated rings. The van der Waals surface area contributed by atoms with Gasteiger partial charge in [0, 0.05) is 22.9 Å². The third-order valence-electron chi connectivity index (χ3n) is 5.34. The van der Waals surface area contributed by atoms with E-state index < -0.39 is 6.10 Å². The van der Waals surface area contributed by atoms with E-state index in [4.69, 9.17) is 13.9 Å². The van der Waals surface area contributed by atoms with E-state index in [1.54, 1.807) is 31.4 Å². The molecule has 1 heterocycles. The van der Waals surface area contributed by atoms with Crippen LogP contribution in [0.5, 0.6) is 11.5 Å². The summed E-state index contributed by atoms with van der Waals surface area (Å²) < 4.78 is 16.9. The molecule has 4 rings (SSSR count). The second-order valence-corrected chi connectivity index (χ2v) is 7.69. The number of hydrogen-bond donors (Lipinski definition) is 2. The predicted molar refractivity (Wildman–Crippen MR) is 127 cm³/mol. The van der Waals surface area contributed by atoms with Crippen molar-refractivity contribution < 1.29 is 23.8 Å². The van der Waals surface area contributed by atoms with Gasteiger partial charge >= 0.3 is 0 Å². The van der Waals surface area contributed by atoms with Crippen LogP contribution in [-0.4, -0.2) is 29.7 Å². The lowest BCUT2D eigenvalue weighted by molar-refractivity contribution is -0.118. The Morgan fingerprint density at radius 3 is 2.61 bits per heavy atom. The minimum absolute atomic E-state index is 0.0813. The number of anilines is 1. The van der Waals surface area contributed by atoms with Gasteiger partial charge in [0.25, 0.3) is 5.91 Å². The highest BCUT2D eigenvalue weighted by Crippen LogP contribution is 2.34. The summed E-state index contributed by atoms with van der Waals surface area (Å²) in [5, 5.41) is 13.2. The zero-order valence-corrected chi connectivity index (χ0v) is 18.8. The first-order valence-corrected chi connectivity index (χ1v) is 10.7. The standard InChI is InChI=1S/C26H26N2O5/c1-4-22(29)20-13-19(31-3)14-21-25(20)33-26(28-21)17-9-11-18(12-10-17)27-24(30)15-32-23-8-6-5-7-16(23)2/h5-14,22,29H,4,15H2,1-3H3,(H,27,30). The van der Waals surface area contributed by atoms with Crippen LogP contribution in [0.1, 0.15) is 30.6 Å². The van der Waals surface area contributed by atoms with Crippen LogP contribution >= 0.6 is 0 Å². The number of oxazole rings is 1. The maximum atomic E-state index is 12.3. The molecule has 1 unspecified atom stereocenters. The average Bonchev–Trinajstić information content (AvgIpc) is 3.27. The Morgan fingerprint density at radius 1 is 1.15 bits per heavy atom. The minimum atomic E-state index is -0.678. The zero-order valence-electron chi connectivity index (χ0n) is 18.8. The summed E-state index contributed by atoms with van der Waals surface area (Å²) in [6.07, 6.45) is -0.136. The Hall–Kier alpha value is -3.84. The van der Waals surface area contributed by atoms with Crippen molar-refractivity contribution in [2.24, 2.45) is 0 Å². The summed E-state index contributed by atoms with van der Waals surface area (Å²) >= 11 is 0. The third kappa shape index (κ3) is 4.99. The molecule has 0 spiro atoms. The number of aromatic nitrogens is 1. The van der Waals surface area contributed by atoms with Crippen LogP contribution in [0.4, 0.5) is 5.69 Å². The van der Waals surface area contributed by atoms with Gasteiger partial charge in [0.2, 0.25) is 5.89 Å². The summed E-state index contributed by atoms with van der Waals surface area (Å²) in [6.45, 7) is 3.74. The molecule has 170 valence electrons. The van der Waals surface area contributed by atoms with Crippen molar-refractivity contribution in [3.8, 4) is 23.0 Å². The van der Waals surface area contributed by atoms with Crippen LogP contribution in [0, 0.1) is 6.92 Å². The number of methoxy groups -OCH3 is 1. The maximum absolute atomic E-state index is 12.3. The topological polar surface area (TPSA) is 93.8 Å². The molecule has 0 saturated carbocycles. The second kappa shape index (κ2) is 9.75. The third-order valence-corrected chi connectivity index (χ3v) is 5.34. The Kier molecular flexibility index (Phi) is 6.60. The lowest BCUT2D eigenvalue weighted by Crippen LogP contribution is -2.20. The number of benzene rings is 3. The van der Waals surface area contributed by atoms with Crippen LogP contribution in [0.15, 0.2) is 65.1 Å². The predicted octanol–water partition coefficient (Wildman–Crippen LogP) is 5.27. The van der Waals surface area contributed by atoms with Crippen molar-refractivity contribution in [3.05, 3.63) is 71.8 Å². The van der Waals surface area contributed by atoms with Crippen molar-refractivity contribution >= 4 is 22.7 Å². The molecule has 7 heteroatoms. The van der Waals surface area contributed by atoms with E-state index in [0.29, 0.717) is 46.2 Å². The molecular weight excluding hydrogens is 420 g/mol. The lowest BCUT2D eigenvalue weighted by Gasteiger charge is -2.10. The number of carbonyl (C=O) groups is 1. The number of aryl methyl sites for hydroxylation is 1. The van der Waals surface area contributed by atoms with Crippen LogP contribution in [0.25, 0.3) is 22.6 Å². The second-order valence-electron chi connectivity index (χ2n) is 7.69. The fourth-order valence-electron chi connectivity index (χ4n) is 3.50. The first-order valence-electron chi connectivity index (χ1n) is 10.7. The van der Waals surface area contributed by atoms with Crippen molar-refractivity contribution in [1.29, 1.82) is 0 Å². The number of ether oxygens (including phenoxy) is 2. The number of rotatable bonds is 8. The van der Waals surface area contributed by atoms with E-state index in [1.807, 2.05) is 50.2 Å². The van der Waals surface area contributed by atoms with Crippen LogP contribution < -0.4 is 14.8 Å². The molecule has 0 aliphatic rings. The molecule has 0 bridgehead atoms. The van der Waals surface area contributed by atoms with E-state index >= 15 is 0 Å². The molecule has 4 aromatic rings. The summed E-state index contributed by atoms with van der Waals surface area (Å²) in [5.41, 5.74) is 4.14. The highest BCUT2D eigenvalue weighted by atomic mass is 16.5. The highest BCUT2D eigenvalue weighted by molar-refractivity contribution is 5.92. The number of nitrogens with one attached hydrogen (secondary N) is 1. The molecule has 2 N–H and O–H groups in total. The molecule has 0 aliphatic carbocycles.